The topological polar surface area (TPSA) is 62.7 Å². The van der Waals surface area contributed by atoms with Gasteiger partial charge in [-0.15, -0.1) is 0 Å². The number of hydrogen-bond acceptors (Lipinski definition) is 5. The fourth-order valence-corrected chi connectivity index (χ4v) is 3.43. The molecule has 0 aliphatic heterocycles. The molecule has 0 atom stereocenters. The largest absolute Gasteiger partial charge is 0.459 e. The molecular weight excluding hydrogens is 366 g/mol. The van der Waals surface area contributed by atoms with Crippen molar-refractivity contribution in [2.45, 2.75) is 34.2 Å². The lowest BCUT2D eigenvalue weighted by atomic mass is 10.1. The third-order valence-electron chi connectivity index (χ3n) is 4.82. The van der Waals surface area contributed by atoms with E-state index in [4.69, 9.17) is 8.94 Å². The molecule has 154 valence electrons. The summed E-state index contributed by atoms with van der Waals surface area (Å²) in [5.74, 6) is 1.24. The molecule has 0 saturated heterocycles. The maximum absolute atomic E-state index is 13.1. The normalized spacial score (nSPS) is 11.1. The molecule has 1 amide bonds. The SMILES string of the molecule is CCN(CC)c1onc(-c2ccccc2)c1CN(CC(C)C)C(=O)c1ccco1. The Kier molecular flexibility index (Phi) is 6.75. The minimum Gasteiger partial charge on any atom is -0.459 e. The van der Waals surface area contributed by atoms with E-state index < -0.39 is 0 Å². The van der Waals surface area contributed by atoms with Gasteiger partial charge in [0, 0.05) is 25.2 Å². The standard InChI is InChI=1S/C23H29N3O3/c1-5-25(6-2)23-19(21(24-29-23)18-11-8-7-9-12-18)16-26(15-17(3)4)22(27)20-13-10-14-28-20/h7-14,17H,5-6,15-16H2,1-4H3. The summed E-state index contributed by atoms with van der Waals surface area (Å²) in [6, 6.07) is 13.4. The second-order valence-electron chi connectivity index (χ2n) is 7.41. The Balaban J connectivity index is 2.03. The van der Waals surface area contributed by atoms with Crippen LogP contribution in [-0.4, -0.2) is 35.6 Å². The van der Waals surface area contributed by atoms with Crippen molar-refractivity contribution in [1.29, 1.82) is 0 Å². The molecule has 3 rings (SSSR count). The van der Waals surface area contributed by atoms with Gasteiger partial charge in [-0.3, -0.25) is 4.79 Å². The predicted octanol–water partition coefficient (Wildman–Crippen LogP) is 5.08. The molecule has 0 aliphatic rings. The third-order valence-corrected chi connectivity index (χ3v) is 4.82. The number of amides is 1. The highest BCUT2D eigenvalue weighted by Gasteiger charge is 2.27. The maximum atomic E-state index is 13.1. The van der Waals surface area contributed by atoms with Crippen LogP contribution in [0.3, 0.4) is 0 Å². The van der Waals surface area contributed by atoms with Crippen molar-refractivity contribution in [3.8, 4) is 11.3 Å². The molecule has 6 nitrogen and oxygen atoms in total. The van der Waals surface area contributed by atoms with E-state index in [2.05, 4.69) is 37.8 Å². The van der Waals surface area contributed by atoms with E-state index in [-0.39, 0.29) is 5.91 Å². The highest BCUT2D eigenvalue weighted by Crippen LogP contribution is 2.33. The van der Waals surface area contributed by atoms with Gasteiger partial charge in [0.1, 0.15) is 5.69 Å². The second kappa shape index (κ2) is 9.45. The van der Waals surface area contributed by atoms with E-state index in [0.717, 1.165) is 35.8 Å². The van der Waals surface area contributed by atoms with Crippen LogP contribution in [-0.2, 0) is 6.54 Å². The number of benzene rings is 1. The highest BCUT2D eigenvalue weighted by atomic mass is 16.5. The van der Waals surface area contributed by atoms with Crippen LogP contribution in [0, 0.1) is 5.92 Å². The summed E-state index contributed by atoms with van der Waals surface area (Å²) in [5.41, 5.74) is 2.66. The van der Waals surface area contributed by atoms with Crippen LogP contribution < -0.4 is 4.90 Å². The van der Waals surface area contributed by atoms with Crippen LogP contribution in [0.1, 0.15) is 43.8 Å². The summed E-state index contributed by atoms with van der Waals surface area (Å²) < 4.78 is 11.2. The Labute approximate surface area is 172 Å². The number of carbonyl (C=O) groups excluding carboxylic acids is 1. The van der Waals surface area contributed by atoms with Gasteiger partial charge in [-0.1, -0.05) is 49.3 Å². The Morgan fingerprint density at radius 3 is 2.38 bits per heavy atom. The van der Waals surface area contributed by atoms with E-state index in [1.165, 1.54) is 6.26 Å². The summed E-state index contributed by atoms with van der Waals surface area (Å²) in [7, 11) is 0. The van der Waals surface area contributed by atoms with Gasteiger partial charge in [-0.2, -0.15) is 0 Å². The molecule has 0 bridgehead atoms. The van der Waals surface area contributed by atoms with Crippen LogP contribution >= 0.6 is 0 Å². The van der Waals surface area contributed by atoms with Crippen molar-refractivity contribution in [1.82, 2.24) is 10.1 Å². The van der Waals surface area contributed by atoms with Crippen LogP contribution in [0.5, 0.6) is 0 Å². The van der Waals surface area contributed by atoms with Crippen molar-refractivity contribution >= 4 is 11.8 Å². The van der Waals surface area contributed by atoms with Crippen molar-refractivity contribution in [3.63, 3.8) is 0 Å². The summed E-state index contributed by atoms with van der Waals surface area (Å²) in [6.07, 6.45) is 1.52. The smallest absolute Gasteiger partial charge is 0.289 e. The first-order valence-corrected chi connectivity index (χ1v) is 10.2. The minimum absolute atomic E-state index is 0.130. The van der Waals surface area contributed by atoms with Gasteiger partial charge in [-0.25, -0.2) is 0 Å². The van der Waals surface area contributed by atoms with Gasteiger partial charge >= 0.3 is 0 Å². The zero-order valence-electron chi connectivity index (χ0n) is 17.6. The zero-order valence-corrected chi connectivity index (χ0v) is 17.6. The molecule has 0 unspecified atom stereocenters. The van der Waals surface area contributed by atoms with Crippen LogP contribution in [0.25, 0.3) is 11.3 Å². The van der Waals surface area contributed by atoms with E-state index in [1.807, 2.05) is 35.2 Å². The maximum Gasteiger partial charge on any atom is 0.289 e. The van der Waals surface area contributed by atoms with Gasteiger partial charge < -0.3 is 18.7 Å². The first-order chi connectivity index (χ1) is 14.0. The molecule has 3 aromatic rings. The van der Waals surface area contributed by atoms with Crippen LogP contribution in [0.4, 0.5) is 5.88 Å². The summed E-state index contributed by atoms with van der Waals surface area (Å²) in [5, 5.41) is 4.38. The molecule has 6 heteroatoms. The number of furan rings is 1. The van der Waals surface area contributed by atoms with Crippen LogP contribution in [0.15, 0.2) is 57.7 Å². The monoisotopic (exact) mass is 395 g/mol. The van der Waals surface area contributed by atoms with Gasteiger partial charge in [0.2, 0.25) is 5.88 Å². The number of carbonyl (C=O) groups is 1. The first-order valence-electron chi connectivity index (χ1n) is 10.2. The molecule has 0 fully saturated rings. The Morgan fingerprint density at radius 2 is 1.79 bits per heavy atom. The molecule has 0 N–H and O–H groups in total. The van der Waals surface area contributed by atoms with Gasteiger partial charge in [0.25, 0.3) is 5.91 Å². The lowest BCUT2D eigenvalue weighted by Crippen LogP contribution is -2.34. The molecule has 2 heterocycles. The molecule has 0 aliphatic carbocycles. The lowest BCUT2D eigenvalue weighted by Gasteiger charge is -2.25. The lowest BCUT2D eigenvalue weighted by molar-refractivity contribution is 0.0690. The number of hydrogen-bond donors (Lipinski definition) is 0. The molecule has 0 saturated carbocycles. The quantitative estimate of drug-likeness (QED) is 0.506. The van der Waals surface area contributed by atoms with Gasteiger partial charge in [-0.05, 0) is 31.9 Å². The fourth-order valence-electron chi connectivity index (χ4n) is 3.43. The predicted molar refractivity (Wildman–Crippen MR) is 114 cm³/mol. The van der Waals surface area contributed by atoms with E-state index in [1.54, 1.807) is 12.1 Å². The van der Waals surface area contributed by atoms with E-state index in [0.29, 0.717) is 24.8 Å². The van der Waals surface area contributed by atoms with Gasteiger partial charge in [0.05, 0.1) is 18.4 Å². The zero-order chi connectivity index (χ0) is 20.8. The molecular formula is C23H29N3O3. The number of nitrogens with zero attached hydrogens (tertiary/aromatic N) is 3. The highest BCUT2D eigenvalue weighted by molar-refractivity contribution is 5.91. The molecule has 29 heavy (non-hydrogen) atoms. The second-order valence-corrected chi connectivity index (χ2v) is 7.41. The third kappa shape index (κ3) is 4.70. The molecule has 2 aromatic heterocycles. The van der Waals surface area contributed by atoms with Crippen molar-refractivity contribution in [2.75, 3.05) is 24.5 Å². The number of rotatable bonds is 9. The number of anilines is 1. The average Bonchev–Trinajstić information content (AvgIpc) is 3.39. The van der Waals surface area contributed by atoms with Gasteiger partial charge in [0.15, 0.2) is 5.76 Å². The van der Waals surface area contributed by atoms with E-state index in [9.17, 15) is 4.79 Å². The Hall–Kier alpha value is -3.02. The first kappa shape index (κ1) is 20.7. The fraction of sp³-hybridized carbons (Fsp3) is 0.391. The summed E-state index contributed by atoms with van der Waals surface area (Å²) in [6.45, 7) is 11.0. The minimum atomic E-state index is -0.130. The van der Waals surface area contributed by atoms with Crippen molar-refractivity contribution in [2.24, 2.45) is 5.92 Å². The van der Waals surface area contributed by atoms with Crippen molar-refractivity contribution in [3.05, 3.63) is 60.1 Å². The van der Waals surface area contributed by atoms with E-state index >= 15 is 0 Å². The van der Waals surface area contributed by atoms with Crippen LogP contribution in [0.2, 0.25) is 0 Å². The molecule has 0 radical (unpaired) electrons. The Morgan fingerprint density at radius 1 is 1.07 bits per heavy atom. The number of aromatic nitrogens is 1. The Bertz CT molecular complexity index is 897. The van der Waals surface area contributed by atoms with Crippen molar-refractivity contribution < 1.29 is 13.7 Å². The summed E-state index contributed by atoms with van der Waals surface area (Å²) in [4.78, 5) is 17.0. The molecule has 1 aromatic carbocycles. The average molecular weight is 396 g/mol. The summed E-state index contributed by atoms with van der Waals surface area (Å²) >= 11 is 0. The molecule has 0 spiro atoms.